The first-order chi connectivity index (χ1) is 11.4. The summed E-state index contributed by atoms with van der Waals surface area (Å²) >= 11 is 5.94. The average Bonchev–Trinajstić information content (AvgIpc) is 3.16. The zero-order valence-electron chi connectivity index (χ0n) is 13.1. The van der Waals surface area contributed by atoms with Gasteiger partial charge in [-0.3, -0.25) is 4.79 Å². The standard InChI is InChI=1S/C17H19ClN2O3S/c18-14-5-3-13(4-6-14)16(20-8-1-2-9-20)11-17(21)19-15-7-10-24(22,23)12-15/h1-6,8-9,15-16H,7,10-12H2,(H,19,21)/t15-,16-/m1/s1. The Morgan fingerprint density at radius 3 is 2.50 bits per heavy atom. The SMILES string of the molecule is O=C(C[C@H](c1ccc(Cl)cc1)n1cccc1)N[C@@H]1CCS(=O)(=O)C1. The van der Waals surface area contributed by atoms with Crippen molar-refractivity contribution in [3.8, 4) is 0 Å². The van der Waals surface area contributed by atoms with Crippen LogP contribution in [0.4, 0.5) is 0 Å². The van der Waals surface area contributed by atoms with Gasteiger partial charge in [-0.2, -0.15) is 0 Å². The van der Waals surface area contributed by atoms with Crippen LogP contribution < -0.4 is 5.32 Å². The van der Waals surface area contributed by atoms with Crippen LogP contribution in [0.25, 0.3) is 0 Å². The molecule has 1 aromatic heterocycles. The van der Waals surface area contributed by atoms with Crippen LogP contribution in [-0.4, -0.2) is 36.4 Å². The lowest BCUT2D eigenvalue weighted by molar-refractivity contribution is -0.122. The maximum atomic E-state index is 12.4. The van der Waals surface area contributed by atoms with Gasteiger partial charge < -0.3 is 9.88 Å². The van der Waals surface area contributed by atoms with Crippen molar-refractivity contribution in [2.24, 2.45) is 0 Å². The lowest BCUT2D eigenvalue weighted by atomic mass is 10.0. The fraction of sp³-hybridized carbons (Fsp3) is 0.353. The Morgan fingerprint density at radius 1 is 1.25 bits per heavy atom. The third-order valence-electron chi connectivity index (χ3n) is 4.22. The second-order valence-corrected chi connectivity index (χ2v) is 8.73. The Kier molecular flexibility index (Phi) is 4.96. The molecular formula is C17H19ClN2O3S. The molecule has 1 N–H and O–H groups in total. The van der Waals surface area contributed by atoms with Crippen molar-refractivity contribution < 1.29 is 13.2 Å². The molecule has 1 aliphatic rings. The fourth-order valence-electron chi connectivity index (χ4n) is 3.01. The van der Waals surface area contributed by atoms with E-state index < -0.39 is 9.84 Å². The average molecular weight is 367 g/mol. The van der Waals surface area contributed by atoms with E-state index in [0.29, 0.717) is 11.4 Å². The molecule has 1 aliphatic heterocycles. The minimum Gasteiger partial charge on any atom is -0.352 e. The van der Waals surface area contributed by atoms with Gasteiger partial charge in [0.1, 0.15) is 0 Å². The second kappa shape index (κ2) is 6.99. The van der Waals surface area contributed by atoms with E-state index in [0.717, 1.165) is 5.56 Å². The summed E-state index contributed by atoms with van der Waals surface area (Å²) in [6.07, 6.45) is 4.55. The minimum atomic E-state index is -3.00. The van der Waals surface area contributed by atoms with Crippen LogP contribution in [0.5, 0.6) is 0 Å². The van der Waals surface area contributed by atoms with Crippen molar-refractivity contribution in [2.75, 3.05) is 11.5 Å². The minimum absolute atomic E-state index is 0.0356. The monoisotopic (exact) mass is 366 g/mol. The zero-order chi connectivity index (χ0) is 17.2. The normalized spacial score (nSPS) is 20.6. The Balaban J connectivity index is 1.72. The van der Waals surface area contributed by atoms with Crippen LogP contribution in [0.15, 0.2) is 48.8 Å². The van der Waals surface area contributed by atoms with Gasteiger partial charge in [0, 0.05) is 23.5 Å². The van der Waals surface area contributed by atoms with E-state index in [1.54, 1.807) is 12.1 Å². The summed E-state index contributed by atoms with van der Waals surface area (Å²) in [6, 6.07) is 10.8. The molecule has 24 heavy (non-hydrogen) atoms. The van der Waals surface area contributed by atoms with Gasteiger partial charge in [-0.05, 0) is 36.2 Å². The van der Waals surface area contributed by atoms with Gasteiger partial charge in [0.15, 0.2) is 9.84 Å². The van der Waals surface area contributed by atoms with E-state index in [4.69, 9.17) is 11.6 Å². The number of benzene rings is 1. The Morgan fingerprint density at radius 2 is 1.92 bits per heavy atom. The van der Waals surface area contributed by atoms with Crippen molar-refractivity contribution in [3.63, 3.8) is 0 Å². The first-order valence-corrected chi connectivity index (χ1v) is 10.0. The van der Waals surface area contributed by atoms with Gasteiger partial charge in [0.2, 0.25) is 5.91 Å². The third kappa shape index (κ3) is 4.19. The smallest absolute Gasteiger partial charge is 0.222 e. The molecule has 2 atom stereocenters. The number of rotatable bonds is 5. The highest BCUT2D eigenvalue weighted by Crippen LogP contribution is 2.24. The number of carbonyl (C=O) groups is 1. The van der Waals surface area contributed by atoms with Gasteiger partial charge in [-0.1, -0.05) is 23.7 Å². The summed E-state index contributed by atoms with van der Waals surface area (Å²) in [7, 11) is -3.00. The van der Waals surface area contributed by atoms with Crippen LogP contribution in [0.3, 0.4) is 0 Å². The van der Waals surface area contributed by atoms with E-state index in [9.17, 15) is 13.2 Å². The molecule has 0 aliphatic carbocycles. The lowest BCUT2D eigenvalue weighted by Gasteiger charge is -2.20. The molecule has 1 aromatic carbocycles. The number of nitrogens with zero attached hydrogens (tertiary/aromatic N) is 1. The van der Waals surface area contributed by atoms with Gasteiger partial charge in [-0.25, -0.2) is 8.42 Å². The van der Waals surface area contributed by atoms with E-state index in [-0.39, 0.29) is 35.9 Å². The molecule has 2 aromatic rings. The van der Waals surface area contributed by atoms with Crippen molar-refractivity contribution in [1.29, 1.82) is 0 Å². The highest BCUT2D eigenvalue weighted by atomic mass is 35.5. The molecule has 0 spiro atoms. The number of aromatic nitrogens is 1. The molecule has 1 saturated heterocycles. The Bertz CT molecular complexity index is 801. The quantitative estimate of drug-likeness (QED) is 0.883. The molecule has 128 valence electrons. The summed E-state index contributed by atoms with van der Waals surface area (Å²) in [6.45, 7) is 0. The number of carbonyl (C=O) groups excluding carboxylic acids is 1. The number of hydrogen-bond donors (Lipinski definition) is 1. The highest BCUT2D eigenvalue weighted by Gasteiger charge is 2.29. The van der Waals surface area contributed by atoms with E-state index in [2.05, 4.69) is 5.32 Å². The predicted molar refractivity (Wildman–Crippen MR) is 93.8 cm³/mol. The molecule has 3 rings (SSSR count). The Hall–Kier alpha value is -1.79. The molecule has 0 bridgehead atoms. The summed E-state index contributed by atoms with van der Waals surface area (Å²) in [5, 5.41) is 3.49. The summed E-state index contributed by atoms with van der Waals surface area (Å²) in [5.74, 6) is 0.0371. The van der Waals surface area contributed by atoms with Crippen molar-refractivity contribution in [3.05, 3.63) is 59.4 Å². The molecule has 1 amide bonds. The number of amides is 1. The second-order valence-electron chi connectivity index (χ2n) is 6.07. The lowest BCUT2D eigenvalue weighted by Crippen LogP contribution is -2.36. The predicted octanol–water partition coefficient (Wildman–Crippen LogP) is 2.42. The molecule has 1 fully saturated rings. The fourth-order valence-corrected chi connectivity index (χ4v) is 4.81. The van der Waals surface area contributed by atoms with E-state index in [1.165, 1.54) is 0 Å². The molecule has 5 nitrogen and oxygen atoms in total. The van der Waals surface area contributed by atoms with Gasteiger partial charge in [0.05, 0.1) is 24.0 Å². The van der Waals surface area contributed by atoms with Gasteiger partial charge in [0.25, 0.3) is 0 Å². The van der Waals surface area contributed by atoms with Crippen LogP contribution in [0.2, 0.25) is 5.02 Å². The first-order valence-electron chi connectivity index (χ1n) is 7.81. The maximum absolute atomic E-state index is 12.4. The Labute approximate surface area is 146 Å². The van der Waals surface area contributed by atoms with Crippen molar-refractivity contribution in [1.82, 2.24) is 9.88 Å². The molecule has 7 heteroatoms. The molecule has 0 saturated carbocycles. The molecule has 2 heterocycles. The molecule has 0 unspecified atom stereocenters. The van der Waals surface area contributed by atoms with Crippen molar-refractivity contribution >= 4 is 27.3 Å². The topological polar surface area (TPSA) is 68.2 Å². The van der Waals surface area contributed by atoms with Gasteiger partial charge in [-0.15, -0.1) is 0 Å². The van der Waals surface area contributed by atoms with Gasteiger partial charge >= 0.3 is 0 Å². The molecular weight excluding hydrogens is 348 g/mol. The molecule has 0 radical (unpaired) electrons. The maximum Gasteiger partial charge on any atom is 0.222 e. The van der Waals surface area contributed by atoms with Crippen molar-refractivity contribution in [2.45, 2.75) is 24.9 Å². The van der Waals surface area contributed by atoms with Crippen LogP contribution in [0, 0.1) is 0 Å². The largest absolute Gasteiger partial charge is 0.352 e. The highest BCUT2D eigenvalue weighted by molar-refractivity contribution is 7.91. The summed E-state index contributed by atoms with van der Waals surface area (Å²) in [4.78, 5) is 12.4. The number of nitrogens with one attached hydrogen (secondary N) is 1. The summed E-state index contributed by atoms with van der Waals surface area (Å²) < 4.78 is 25.0. The van der Waals surface area contributed by atoms with Crippen LogP contribution >= 0.6 is 11.6 Å². The van der Waals surface area contributed by atoms with Crippen LogP contribution in [-0.2, 0) is 14.6 Å². The third-order valence-corrected chi connectivity index (χ3v) is 6.24. The summed E-state index contributed by atoms with van der Waals surface area (Å²) in [5.41, 5.74) is 0.977. The first kappa shape index (κ1) is 17.0. The van der Waals surface area contributed by atoms with E-state index in [1.807, 2.05) is 41.2 Å². The van der Waals surface area contributed by atoms with Crippen LogP contribution in [0.1, 0.15) is 24.4 Å². The zero-order valence-corrected chi connectivity index (χ0v) is 14.6. The number of sulfone groups is 1. The number of halogens is 1. The number of hydrogen-bond acceptors (Lipinski definition) is 3. The van der Waals surface area contributed by atoms with E-state index >= 15 is 0 Å².